The average Bonchev–Trinajstić information content (AvgIpc) is 2.15. The summed E-state index contributed by atoms with van der Waals surface area (Å²) in [5.74, 6) is 0. The molecular weight excluding hydrogens is 150 g/mol. The summed E-state index contributed by atoms with van der Waals surface area (Å²) in [4.78, 5) is 10.1. The van der Waals surface area contributed by atoms with Crippen molar-refractivity contribution in [3.05, 3.63) is 29.8 Å². The predicted octanol–water partition coefficient (Wildman–Crippen LogP) is 1.86. The zero-order chi connectivity index (χ0) is 8.81. The van der Waals surface area contributed by atoms with Crippen molar-refractivity contribution in [2.45, 2.75) is 13.3 Å². The second-order valence-corrected chi connectivity index (χ2v) is 2.56. The minimum absolute atomic E-state index is 0.386. The van der Waals surface area contributed by atoms with Crippen LogP contribution in [0.3, 0.4) is 0 Å². The van der Waals surface area contributed by atoms with Crippen LogP contribution in [0, 0.1) is 0 Å². The van der Waals surface area contributed by atoms with Gasteiger partial charge >= 0.3 is 0 Å². The average molecular weight is 163 g/mol. The Balaban J connectivity index is 2.74. The van der Waals surface area contributed by atoms with Crippen LogP contribution >= 0.6 is 0 Å². The van der Waals surface area contributed by atoms with Crippen molar-refractivity contribution in [3.8, 4) is 0 Å². The van der Waals surface area contributed by atoms with Gasteiger partial charge in [0.1, 0.15) is 6.29 Å². The Hall–Kier alpha value is -1.31. The first kappa shape index (κ1) is 8.78. The summed E-state index contributed by atoms with van der Waals surface area (Å²) in [7, 11) is 0. The smallest absolute Gasteiger partial charge is 0.139 e. The van der Waals surface area contributed by atoms with Gasteiger partial charge in [0.25, 0.3) is 0 Å². The summed E-state index contributed by atoms with van der Waals surface area (Å²) in [5.41, 5.74) is 2.31. The topological polar surface area (TPSA) is 29.1 Å². The number of carbonyl (C=O) groups excluding carboxylic acids is 1. The number of hydrogen-bond donors (Lipinski definition) is 1. The van der Waals surface area contributed by atoms with Crippen molar-refractivity contribution in [2.75, 3.05) is 11.9 Å². The lowest BCUT2D eigenvalue weighted by Crippen LogP contribution is -2.04. The minimum Gasteiger partial charge on any atom is -0.378 e. The molecule has 64 valence electrons. The molecule has 0 saturated carbocycles. The van der Waals surface area contributed by atoms with Gasteiger partial charge in [-0.3, -0.25) is 0 Å². The molecule has 0 aliphatic heterocycles. The Bertz CT molecular complexity index is 258. The highest BCUT2D eigenvalue weighted by atomic mass is 16.1. The number of carbonyl (C=O) groups is 1. The van der Waals surface area contributed by atoms with E-state index in [0.29, 0.717) is 6.54 Å². The monoisotopic (exact) mass is 163 g/mol. The molecule has 0 radical (unpaired) electrons. The zero-order valence-electron chi connectivity index (χ0n) is 7.21. The third-order valence-corrected chi connectivity index (χ3v) is 1.77. The molecule has 12 heavy (non-hydrogen) atoms. The first-order valence-electron chi connectivity index (χ1n) is 4.14. The number of aldehydes is 1. The molecule has 2 nitrogen and oxygen atoms in total. The summed E-state index contributed by atoms with van der Waals surface area (Å²) >= 11 is 0. The van der Waals surface area contributed by atoms with Gasteiger partial charge in [0.2, 0.25) is 0 Å². The van der Waals surface area contributed by atoms with Gasteiger partial charge in [0, 0.05) is 5.69 Å². The molecule has 0 bridgehead atoms. The van der Waals surface area contributed by atoms with Crippen LogP contribution in [0.2, 0.25) is 0 Å². The fourth-order valence-electron chi connectivity index (χ4n) is 1.15. The fourth-order valence-corrected chi connectivity index (χ4v) is 1.15. The number of hydrogen-bond acceptors (Lipinski definition) is 2. The second-order valence-electron chi connectivity index (χ2n) is 2.56. The van der Waals surface area contributed by atoms with E-state index in [0.717, 1.165) is 18.4 Å². The highest BCUT2D eigenvalue weighted by molar-refractivity contribution is 5.61. The largest absolute Gasteiger partial charge is 0.378 e. The first-order valence-corrected chi connectivity index (χ1v) is 4.14. The standard InChI is InChI=1S/C10H13NO/c1-2-9-5-3-4-6-10(9)11-7-8-12/h3-6,8,11H,2,7H2,1H3. The third-order valence-electron chi connectivity index (χ3n) is 1.77. The van der Waals surface area contributed by atoms with Crippen LogP contribution < -0.4 is 5.32 Å². The summed E-state index contributed by atoms with van der Waals surface area (Å²) in [6.07, 6.45) is 1.86. The zero-order valence-corrected chi connectivity index (χ0v) is 7.21. The number of anilines is 1. The molecule has 0 aliphatic rings. The summed E-state index contributed by atoms with van der Waals surface area (Å²) in [6, 6.07) is 8.02. The highest BCUT2D eigenvalue weighted by Gasteiger charge is 1.96. The van der Waals surface area contributed by atoms with E-state index in [1.165, 1.54) is 5.56 Å². The van der Waals surface area contributed by atoms with Crippen LogP contribution in [0.25, 0.3) is 0 Å². The number of para-hydroxylation sites is 1. The molecule has 1 rings (SSSR count). The van der Waals surface area contributed by atoms with Crippen LogP contribution in [0.15, 0.2) is 24.3 Å². The Kier molecular flexibility index (Phi) is 3.33. The molecule has 0 aromatic heterocycles. The van der Waals surface area contributed by atoms with E-state index < -0.39 is 0 Å². The molecule has 0 atom stereocenters. The van der Waals surface area contributed by atoms with E-state index in [4.69, 9.17) is 0 Å². The quantitative estimate of drug-likeness (QED) is 0.686. The lowest BCUT2D eigenvalue weighted by Gasteiger charge is -2.07. The van der Waals surface area contributed by atoms with Crippen LogP contribution in [-0.2, 0) is 11.2 Å². The number of benzene rings is 1. The molecular formula is C10H13NO. The van der Waals surface area contributed by atoms with Gasteiger partial charge in [0.15, 0.2) is 0 Å². The molecule has 0 aliphatic carbocycles. The highest BCUT2D eigenvalue weighted by Crippen LogP contribution is 2.14. The third kappa shape index (κ3) is 2.09. The normalized spacial score (nSPS) is 9.42. The van der Waals surface area contributed by atoms with Crippen molar-refractivity contribution < 1.29 is 4.79 Å². The van der Waals surface area contributed by atoms with Gasteiger partial charge in [-0.1, -0.05) is 25.1 Å². The van der Waals surface area contributed by atoms with Crippen molar-refractivity contribution in [3.63, 3.8) is 0 Å². The molecule has 0 saturated heterocycles. The Labute approximate surface area is 72.6 Å². The van der Waals surface area contributed by atoms with Crippen LogP contribution in [-0.4, -0.2) is 12.8 Å². The van der Waals surface area contributed by atoms with E-state index in [2.05, 4.69) is 18.3 Å². The van der Waals surface area contributed by atoms with Gasteiger partial charge in [-0.05, 0) is 18.1 Å². The minimum atomic E-state index is 0.386. The van der Waals surface area contributed by atoms with E-state index in [-0.39, 0.29) is 0 Å². The summed E-state index contributed by atoms with van der Waals surface area (Å²) in [6.45, 7) is 2.48. The molecule has 0 amide bonds. The van der Waals surface area contributed by atoms with Crippen molar-refractivity contribution in [1.82, 2.24) is 0 Å². The van der Waals surface area contributed by atoms with Crippen LogP contribution in [0.4, 0.5) is 5.69 Å². The predicted molar refractivity (Wildman–Crippen MR) is 50.4 cm³/mol. The maximum absolute atomic E-state index is 10.1. The number of rotatable bonds is 4. The number of nitrogens with one attached hydrogen (secondary N) is 1. The Morgan fingerprint density at radius 3 is 2.83 bits per heavy atom. The van der Waals surface area contributed by atoms with E-state index in [9.17, 15) is 4.79 Å². The first-order chi connectivity index (χ1) is 5.88. The van der Waals surface area contributed by atoms with Crippen molar-refractivity contribution in [1.29, 1.82) is 0 Å². The molecule has 1 N–H and O–H groups in total. The molecule has 1 aromatic carbocycles. The lowest BCUT2D eigenvalue weighted by atomic mass is 10.1. The second kappa shape index (κ2) is 4.54. The molecule has 0 unspecified atom stereocenters. The van der Waals surface area contributed by atoms with E-state index in [1.54, 1.807) is 0 Å². The molecule has 0 fully saturated rings. The van der Waals surface area contributed by atoms with Crippen molar-refractivity contribution >= 4 is 12.0 Å². The SMILES string of the molecule is CCc1ccccc1NCC=O. The van der Waals surface area contributed by atoms with Gasteiger partial charge in [-0.25, -0.2) is 0 Å². The molecule has 0 spiro atoms. The van der Waals surface area contributed by atoms with Gasteiger partial charge in [0.05, 0.1) is 6.54 Å². The summed E-state index contributed by atoms with van der Waals surface area (Å²) < 4.78 is 0. The fraction of sp³-hybridized carbons (Fsp3) is 0.300. The number of aryl methyl sites for hydroxylation is 1. The van der Waals surface area contributed by atoms with Crippen molar-refractivity contribution in [2.24, 2.45) is 0 Å². The maximum atomic E-state index is 10.1. The summed E-state index contributed by atoms with van der Waals surface area (Å²) in [5, 5.41) is 3.05. The van der Waals surface area contributed by atoms with Gasteiger partial charge in [-0.2, -0.15) is 0 Å². The van der Waals surface area contributed by atoms with Crippen LogP contribution in [0.5, 0.6) is 0 Å². The molecule has 0 heterocycles. The molecule has 2 heteroatoms. The Morgan fingerprint density at radius 1 is 1.42 bits per heavy atom. The van der Waals surface area contributed by atoms with Gasteiger partial charge in [-0.15, -0.1) is 0 Å². The van der Waals surface area contributed by atoms with E-state index >= 15 is 0 Å². The van der Waals surface area contributed by atoms with Gasteiger partial charge < -0.3 is 10.1 Å². The van der Waals surface area contributed by atoms with E-state index in [1.807, 2.05) is 18.2 Å². The molecule has 1 aromatic rings. The van der Waals surface area contributed by atoms with Crippen LogP contribution in [0.1, 0.15) is 12.5 Å². The Morgan fingerprint density at radius 2 is 2.17 bits per heavy atom. The lowest BCUT2D eigenvalue weighted by molar-refractivity contribution is -0.106. The maximum Gasteiger partial charge on any atom is 0.139 e.